The van der Waals surface area contributed by atoms with Gasteiger partial charge in [-0.2, -0.15) is 0 Å². The van der Waals surface area contributed by atoms with Gasteiger partial charge in [0.25, 0.3) is 0 Å². The number of hydrogen-bond acceptors (Lipinski definition) is 5. The van der Waals surface area contributed by atoms with Crippen molar-refractivity contribution in [1.29, 1.82) is 0 Å². The molecule has 102 valence electrons. The van der Waals surface area contributed by atoms with Crippen LogP contribution in [0.3, 0.4) is 0 Å². The zero-order chi connectivity index (χ0) is 22.2. The second-order valence-electron chi connectivity index (χ2n) is 2.85. The molecule has 18 heavy (non-hydrogen) atoms. The first-order valence-electron chi connectivity index (χ1n) is 9.44. The average Bonchev–Trinajstić information content (AvgIpc) is 2.43. The number of benzene rings is 1. The molecule has 0 amide bonds. The topological polar surface area (TPSA) is 44.8 Å². The standard InChI is InChI=1S/C11H17O4PS2/c1-4-13-16(17,14-5-2)15-10-6-8-11(9-7-10)18(3)12/h6-9H,4-5H2,1-3H3/i1D3,2D3,4D2,5D2. The van der Waals surface area contributed by atoms with Crippen LogP contribution in [0.4, 0.5) is 0 Å². The van der Waals surface area contributed by atoms with Crippen molar-refractivity contribution in [1.82, 2.24) is 0 Å². The third-order valence-corrected chi connectivity index (χ3v) is 4.36. The lowest BCUT2D eigenvalue weighted by Crippen LogP contribution is -2.02. The SMILES string of the molecule is [2H]C([2H])([2H])C([2H])([2H])OP(=S)(Oc1ccc(S(C)=O)cc1)OC([2H])([2H])C([2H])([2H])[2H]. The van der Waals surface area contributed by atoms with Gasteiger partial charge in [0.05, 0.1) is 18.6 Å². The second-order valence-corrected chi connectivity index (χ2v) is 7.01. The van der Waals surface area contributed by atoms with Gasteiger partial charge in [-0.15, -0.1) is 0 Å². The minimum absolute atomic E-state index is 0.153. The van der Waals surface area contributed by atoms with E-state index in [1.807, 2.05) is 0 Å². The summed E-state index contributed by atoms with van der Waals surface area (Å²) >= 11 is 4.91. The Labute approximate surface area is 129 Å². The van der Waals surface area contributed by atoms with Crippen molar-refractivity contribution in [3.8, 4) is 5.75 Å². The third-order valence-electron chi connectivity index (χ3n) is 1.69. The molecule has 0 fully saturated rings. The fraction of sp³-hybridized carbons (Fsp3) is 0.455. The zero-order valence-electron chi connectivity index (χ0n) is 19.2. The van der Waals surface area contributed by atoms with E-state index in [-0.39, 0.29) is 5.75 Å². The molecular formula is C11H17O4PS2. The molecule has 0 aliphatic carbocycles. The molecule has 7 heteroatoms. The zero-order valence-corrected chi connectivity index (χ0v) is 11.7. The molecule has 1 atom stereocenters. The van der Waals surface area contributed by atoms with Gasteiger partial charge >= 0.3 is 6.72 Å². The van der Waals surface area contributed by atoms with E-state index >= 15 is 0 Å². The maximum Gasteiger partial charge on any atom is 0.380 e. The van der Waals surface area contributed by atoms with Crippen molar-refractivity contribution in [2.75, 3.05) is 19.4 Å². The summed E-state index contributed by atoms with van der Waals surface area (Å²) in [7, 11) is -1.32. The molecule has 0 saturated carbocycles. The lowest BCUT2D eigenvalue weighted by Gasteiger charge is -2.21. The molecule has 1 aromatic carbocycles. The molecule has 0 N–H and O–H groups in total. The lowest BCUT2D eigenvalue weighted by molar-refractivity contribution is 0.218. The summed E-state index contributed by atoms with van der Waals surface area (Å²) in [6, 6.07) is 5.20. The van der Waals surface area contributed by atoms with E-state index in [9.17, 15) is 4.21 Å². The van der Waals surface area contributed by atoms with Crippen molar-refractivity contribution in [3.05, 3.63) is 24.3 Å². The number of rotatable bonds is 7. The largest absolute Gasteiger partial charge is 0.424 e. The van der Waals surface area contributed by atoms with Gasteiger partial charge in [0.15, 0.2) is 0 Å². The van der Waals surface area contributed by atoms with Crippen molar-refractivity contribution in [3.63, 3.8) is 0 Å². The van der Waals surface area contributed by atoms with Gasteiger partial charge in [0.1, 0.15) is 5.75 Å². The monoisotopic (exact) mass is 318 g/mol. The molecule has 0 spiro atoms. The Bertz CT molecular complexity index is 730. The van der Waals surface area contributed by atoms with E-state index in [1.54, 1.807) is 0 Å². The molecule has 0 aromatic heterocycles. The number of hydrogen-bond donors (Lipinski definition) is 0. The first kappa shape index (κ1) is 6.46. The van der Waals surface area contributed by atoms with E-state index in [4.69, 9.17) is 39.1 Å². The highest BCUT2D eigenvalue weighted by Gasteiger charge is 2.21. The Balaban J connectivity index is 3.31. The molecule has 0 bridgehead atoms. The van der Waals surface area contributed by atoms with Gasteiger partial charge in [-0.25, -0.2) is 0 Å². The van der Waals surface area contributed by atoms with Crippen LogP contribution in [-0.2, 0) is 31.7 Å². The van der Waals surface area contributed by atoms with E-state index in [1.165, 1.54) is 30.5 Å². The van der Waals surface area contributed by atoms with Crippen molar-refractivity contribution in [2.24, 2.45) is 0 Å². The summed E-state index contributed by atoms with van der Waals surface area (Å²) in [6.07, 6.45) is 1.42. The summed E-state index contributed by atoms with van der Waals surface area (Å²) in [5.41, 5.74) is 0. The molecule has 1 aromatic rings. The van der Waals surface area contributed by atoms with Crippen LogP contribution in [0.5, 0.6) is 5.75 Å². The molecule has 4 nitrogen and oxygen atoms in total. The highest BCUT2D eigenvalue weighted by molar-refractivity contribution is 8.07. The van der Waals surface area contributed by atoms with Crippen LogP contribution in [-0.4, -0.2) is 23.6 Å². The highest BCUT2D eigenvalue weighted by atomic mass is 32.5. The predicted molar refractivity (Wildman–Crippen MR) is 76.9 cm³/mol. The molecule has 0 heterocycles. The van der Waals surface area contributed by atoms with Crippen LogP contribution < -0.4 is 4.52 Å². The molecular weight excluding hydrogens is 291 g/mol. The summed E-state index contributed by atoms with van der Waals surface area (Å²) < 4.78 is 99.2. The van der Waals surface area contributed by atoms with Crippen LogP contribution in [0, 0.1) is 0 Å². The summed E-state index contributed by atoms with van der Waals surface area (Å²) in [5, 5.41) is 0. The smallest absolute Gasteiger partial charge is 0.380 e. The summed E-state index contributed by atoms with van der Waals surface area (Å²) in [5.74, 6) is -0.153. The Morgan fingerprint density at radius 3 is 2.33 bits per heavy atom. The Morgan fingerprint density at radius 2 is 1.89 bits per heavy atom. The van der Waals surface area contributed by atoms with Crippen molar-refractivity contribution in [2.45, 2.75) is 18.6 Å². The second kappa shape index (κ2) is 7.36. The van der Waals surface area contributed by atoms with Crippen LogP contribution in [0.2, 0.25) is 0 Å². The summed E-state index contributed by atoms with van der Waals surface area (Å²) in [4.78, 5) is 0.401. The van der Waals surface area contributed by atoms with Crippen molar-refractivity contribution < 1.29 is 31.5 Å². The van der Waals surface area contributed by atoms with Crippen molar-refractivity contribution >= 4 is 29.3 Å². The molecule has 0 saturated heterocycles. The average molecular weight is 318 g/mol. The van der Waals surface area contributed by atoms with Gasteiger partial charge < -0.3 is 4.52 Å². The minimum atomic E-state index is -4.63. The van der Waals surface area contributed by atoms with Gasteiger partial charge in [0.2, 0.25) is 0 Å². The van der Waals surface area contributed by atoms with Crippen LogP contribution >= 0.6 is 6.72 Å². The highest BCUT2D eigenvalue weighted by Crippen LogP contribution is 2.49. The Kier molecular flexibility index (Phi) is 2.64. The van der Waals surface area contributed by atoms with Gasteiger partial charge in [0, 0.05) is 42.0 Å². The maximum atomic E-state index is 11.4. The minimum Gasteiger partial charge on any atom is -0.424 e. The normalized spacial score (nSPS) is 24.5. The Hall–Kier alpha value is -0.260. The third kappa shape index (κ3) is 4.78. The fourth-order valence-corrected chi connectivity index (χ4v) is 2.71. The molecule has 1 rings (SSSR count). The summed E-state index contributed by atoms with van der Waals surface area (Å²) in [6.45, 7) is -18.2. The van der Waals surface area contributed by atoms with Crippen LogP contribution in [0.1, 0.15) is 27.4 Å². The molecule has 0 aliphatic heterocycles. The fourth-order valence-electron chi connectivity index (χ4n) is 0.989. The maximum absolute atomic E-state index is 11.4. The van der Waals surface area contributed by atoms with Gasteiger partial charge in [-0.1, -0.05) is 0 Å². The van der Waals surface area contributed by atoms with Gasteiger partial charge in [-0.3, -0.25) is 13.3 Å². The predicted octanol–water partition coefficient (Wildman–Crippen LogP) is 3.10. The Morgan fingerprint density at radius 1 is 1.33 bits per heavy atom. The van der Waals surface area contributed by atoms with Gasteiger partial charge in [-0.05, 0) is 38.0 Å². The van der Waals surface area contributed by atoms with E-state index < -0.39 is 44.3 Å². The first-order valence-corrected chi connectivity index (χ1v) is 8.56. The van der Waals surface area contributed by atoms with E-state index in [2.05, 4.69) is 0 Å². The van der Waals surface area contributed by atoms with E-state index in [0.717, 1.165) is 0 Å². The quantitative estimate of drug-likeness (QED) is 0.723. The van der Waals surface area contributed by atoms with Crippen LogP contribution in [0.25, 0.3) is 0 Å². The molecule has 0 radical (unpaired) electrons. The van der Waals surface area contributed by atoms with E-state index in [0.29, 0.717) is 4.90 Å². The first-order chi connectivity index (χ1) is 12.3. The molecule has 0 aliphatic rings. The lowest BCUT2D eigenvalue weighted by atomic mass is 10.3. The molecule has 1 unspecified atom stereocenters. The van der Waals surface area contributed by atoms with Crippen LogP contribution in [0.15, 0.2) is 29.2 Å².